The standard InChI is InChI=1S/C54H36FN3/c55-41-26-19-37(20-27-41)38-21-28-44(29-22-38)56(46-32-33-49-47-15-7-9-17-51(47)58(54(49)36-46)43-13-5-2-6-14-43)45-30-23-39(24-31-45)40-25-34-53-50(35-40)48-16-8-10-18-52(48)57(53)42-11-3-1-4-12-42/h1-36H. The van der Waals surface area contributed by atoms with Gasteiger partial charge in [0.25, 0.3) is 0 Å². The van der Waals surface area contributed by atoms with Gasteiger partial charge in [0.2, 0.25) is 0 Å². The summed E-state index contributed by atoms with van der Waals surface area (Å²) in [5.41, 5.74) is 14.4. The number of anilines is 3. The Hall–Kier alpha value is -7.69. The molecule has 0 saturated carbocycles. The van der Waals surface area contributed by atoms with E-state index in [4.69, 9.17) is 0 Å². The minimum atomic E-state index is -0.239. The highest BCUT2D eigenvalue weighted by Crippen LogP contribution is 2.41. The van der Waals surface area contributed by atoms with E-state index in [1.807, 2.05) is 12.1 Å². The van der Waals surface area contributed by atoms with Gasteiger partial charge in [0.1, 0.15) is 5.82 Å². The first kappa shape index (κ1) is 33.6. The second kappa shape index (κ2) is 13.8. The van der Waals surface area contributed by atoms with Gasteiger partial charge in [-0.25, -0.2) is 4.39 Å². The molecule has 0 spiro atoms. The van der Waals surface area contributed by atoms with Crippen LogP contribution in [0.3, 0.4) is 0 Å². The summed E-state index contributed by atoms with van der Waals surface area (Å²) in [6, 6.07) is 76.1. The van der Waals surface area contributed by atoms with Crippen molar-refractivity contribution in [1.82, 2.24) is 9.13 Å². The van der Waals surface area contributed by atoms with Crippen molar-refractivity contribution in [1.29, 1.82) is 0 Å². The topological polar surface area (TPSA) is 13.1 Å². The van der Waals surface area contributed by atoms with Crippen molar-refractivity contribution in [3.8, 4) is 33.6 Å². The normalized spacial score (nSPS) is 11.5. The van der Waals surface area contributed by atoms with Crippen LogP contribution >= 0.6 is 0 Å². The smallest absolute Gasteiger partial charge is 0.123 e. The van der Waals surface area contributed by atoms with Gasteiger partial charge in [0.05, 0.1) is 22.1 Å². The van der Waals surface area contributed by atoms with Crippen LogP contribution in [0, 0.1) is 5.82 Å². The number of halogens is 1. The minimum absolute atomic E-state index is 0.239. The number of nitrogens with zero attached hydrogens (tertiary/aromatic N) is 3. The van der Waals surface area contributed by atoms with Crippen molar-refractivity contribution in [2.24, 2.45) is 0 Å². The highest BCUT2D eigenvalue weighted by atomic mass is 19.1. The lowest BCUT2D eigenvalue weighted by molar-refractivity contribution is 0.628. The first-order valence-electron chi connectivity index (χ1n) is 19.6. The molecule has 0 unspecified atom stereocenters. The Morgan fingerprint density at radius 1 is 0.293 bits per heavy atom. The highest BCUT2D eigenvalue weighted by Gasteiger charge is 2.19. The van der Waals surface area contributed by atoms with Gasteiger partial charge in [0, 0.05) is 50.0 Å². The fourth-order valence-corrected chi connectivity index (χ4v) is 8.66. The maximum absolute atomic E-state index is 13.8. The van der Waals surface area contributed by atoms with Crippen LogP contribution in [0.1, 0.15) is 0 Å². The first-order valence-corrected chi connectivity index (χ1v) is 19.6. The second-order valence-electron chi connectivity index (χ2n) is 14.7. The zero-order valence-corrected chi connectivity index (χ0v) is 31.5. The molecule has 274 valence electrons. The molecular formula is C54H36FN3. The van der Waals surface area contributed by atoms with E-state index in [-0.39, 0.29) is 5.82 Å². The SMILES string of the molecule is Fc1ccc(-c2ccc(N(c3ccc(-c4ccc5c(c4)c4ccccc4n5-c4ccccc4)cc3)c3ccc4c5ccccc5n(-c5ccccc5)c4c3)cc2)cc1. The van der Waals surface area contributed by atoms with Gasteiger partial charge in [0.15, 0.2) is 0 Å². The van der Waals surface area contributed by atoms with Crippen molar-refractivity contribution >= 4 is 60.7 Å². The van der Waals surface area contributed by atoms with Crippen molar-refractivity contribution in [3.63, 3.8) is 0 Å². The largest absolute Gasteiger partial charge is 0.310 e. The molecule has 3 nitrogen and oxygen atoms in total. The van der Waals surface area contributed by atoms with E-state index in [1.165, 1.54) is 55.8 Å². The van der Waals surface area contributed by atoms with Gasteiger partial charge >= 0.3 is 0 Å². The van der Waals surface area contributed by atoms with E-state index >= 15 is 0 Å². The lowest BCUT2D eigenvalue weighted by Gasteiger charge is -2.26. The molecular weight excluding hydrogens is 710 g/mol. The van der Waals surface area contributed by atoms with Gasteiger partial charge in [-0.3, -0.25) is 0 Å². The lowest BCUT2D eigenvalue weighted by atomic mass is 10.0. The molecule has 0 fully saturated rings. The molecule has 0 aliphatic rings. The quantitative estimate of drug-likeness (QED) is 0.158. The van der Waals surface area contributed by atoms with E-state index < -0.39 is 0 Å². The zero-order valence-electron chi connectivity index (χ0n) is 31.5. The molecule has 0 N–H and O–H groups in total. The molecule has 0 amide bonds. The van der Waals surface area contributed by atoms with Crippen molar-refractivity contribution in [2.75, 3.05) is 4.90 Å². The van der Waals surface area contributed by atoms with Gasteiger partial charge in [-0.05, 0) is 119 Å². The summed E-state index contributed by atoms with van der Waals surface area (Å²) in [6.45, 7) is 0. The Labute approximate surface area is 335 Å². The van der Waals surface area contributed by atoms with Gasteiger partial charge in [-0.1, -0.05) is 121 Å². The Balaban J connectivity index is 1.04. The number of aromatic nitrogens is 2. The fourth-order valence-electron chi connectivity index (χ4n) is 8.66. The summed E-state index contributed by atoms with van der Waals surface area (Å²) < 4.78 is 18.5. The monoisotopic (exact) mass is 745 g/mol. The summed E-state index contributed by atoms with van der Waals surface area (Å²) >= 11 is 0. The third-order valence-corrected chi connectivity index (χ3v) is 11.4. The third kappa shape index (κ3) is 5.65. The van der Waals surface area contributed by atoms with Crippen LogP contribution in [0.15, 0.2) is 218 Å². The molecule has 0 saturated heterocycles. The minimum Gasteiger partial charge on any atom is -0.310 e. The molecule has 9 aromatic carbocycles. The van der Waals surface area contributed by atoms with Crippen LogP contribution in [0.2, 0.25) is 0 Å². The summed E-state index contributed by atoms with van der Waals surface area (Å²) in [5, 5.41) is 4.88. The average molecular weight is 746 g/mol. The van der Waals surface area contributed by atoms with E-state index in [1.54, 1.807) is 0 Å². The molecule has 0 atom stereocenters. The van der Waals surface area contributed by atoms with E-state index in [0.29, 0.717) is 0 Å². The van der Waals surface area contributed by atoms with Crippen LogP contribution in [-0.2, 0) is 0 Å². The third-order valence-electron chi connectivity index (χ3n) is 11.4. The van der Waals surface area contributed by atoms with Crippen molar-refractivity contribution in [3.05, 3.63) is 224 Å². The average Bonchev–Trinajstić information content (AvgIpc) is 3.80. The Kier molecular flexibility index (Phi) is 8.00. The number of rotatable bonds is 7. The summed E-state index contributed by atoms with van der Waals surface area (Å²) in [7, 11) is 0. The van der Waals surface area contributed by atoms with Gasteiger partial charge in [-0.2, -0.15) is 0 Å². The molecule has 58 heavy (non-hydrogen) atoms. The number of hydrogen-bond acceptors (Lipinski definition) is 1. The number of hydrogen-bond donors (Lipinski definition) is 0. The van der Waals surface area contributed by atoms with E-state index in [2.05, 4.69) is 208 Å². The predicted molar refractivity (Wildman–Crippen MR) is 241 cm³/mol. The Morgan fingerprint density at radius 3 is 1.29 bits per heavy atom. The summed E-state index contributed by atoms with van der Waals surface area (Å²) in [6.07, 6.45) is 0. The number of benzene rings is 9. The van der Waals surface area contributed by atoms with Gasteiger partial charge in [-0.15, -0.1) is 0 Å². The molecule has 11 aromatic rings. The molecule has 11 rings (SSSR count). The zero-order chi connectivity index (χ0) is 38.6. The Bertz CT molecular complexity index is 3250. The van der Waals surface area contributed by atoms with Crippen LogP contribution in [0.4, 0.5) is 21.5 Å². The fraction of sp³-hybridized carbons (Fsp3) is 0. The van der Waals surface area contributed by atoms with E-state index in [0.717, 1.165) is 50.6 Å². The second-order valence-corrected chi connectivity index (χ2v) is 14.7. The Morgan fingerprint density at radius 2 is 0.707 bits per heavy atom. The molecule has 0 aliphatic carbocycles. The lowest BCUT2D eigenvalue weighted by Crippen LogP contribution is -2.10. The summed E-state index contributed by atoms with van der Waals surface area (Å²) in [5.74, 6) is -0.239. The molecule has 2 heterocycles. The molecule has 0 radical (unpaired) electrons. The number of para-hydroxylation sites is 4. The number of fused-ring (bicyclic) bond motifs is 6. The van der Waals surface area contributed by atoms with Crippen LogP contribution in [0.5, 0.6) is 0 Å². The maximum atomic E-state index is 13.8. The first-order chi connectivity index (χ1) is 28.7. The molecule has 2 aromatic heterocycles. The molecule has 4 heteroatoms. The molecule has 0 bridgehead atoms. The maximum Gasteiger partial charge on any atom is 0.123 e. The van der Waals surface area contributed by atoms with Crippen molar-refractivity contribution < 1.29 is 4.39 Å². The van der Waals surface area contributed by atoms with Crippen LogP contribution in [0.25, 0.3) is 77.2 Å². The highest BCUT2D eigenvalue weighted by molar-refractivity contribution is 6.11. The van der Waals surface area contributed by atoms with Gasteiger partial charge < -0.3 is 14.0 Å². The van der Waals surface area contributed by atoms with Crippen molar-refractivity contribution in [2.45, 2.75) is 0 Å². The van der Waals surface area contributed by atoms with Crippen LogP contribution in [-0.4, -0.2) is 9.13 Å². The van der Waals surface area contributed by atoms with Crippen LogP contribution < -0.4 is 4.90 Å². The predicted octanol–water partition coefficient (Wildman–Crippen LogP) is 14.8. The van der Waals surface area contributed by atoms with E-state index in [9.17, 15) is 4.39 Å². The molecule has 0 aliphatic heterocycles. The summed E-state index contributed by atoms with van der Waals surface area (Å²) in [4.78, 5) is 2.32.